The van der Waals surface area contributed by atoms with Crippen molar-refractivity contribution in [3.63, 3.8) is 0 Å². The molecule has 0 N–H and O–H groups in total. The Morgan fingerprint density at radius 3 is 2.36 bits per heavy atom. The molecule has 0 atom stereocenters. The molecule has 3 aromatic rings. The number of likely N-dealkylation sites (N-methyl/N-ethyl adjacent to an activating group) is 1. The summed E-state index contributed by atoms with van der Waals surface area (Å²) in [6.07, 6.45) is 2.20. The SMILES string of the molecule is COc1cc2c(N3CCc4cccc(S(=O)(=O)N5CCN(C)CC5)c4C3)ncnc2c(OC)c1OC. The van der Waals surface area contributed by atoms with Gasteiger partial charge in [-0.3, -0.25) is 0 Å². The van der Waals surface area contributed by atoms with Crippen LogP contribution in [0.25, 0.3) is 10.9 Å². The molecule has 0 amide bonds. The first-order valence-electron chi connectivity index (χ1n) is 11.9. The number of benzene rings is 2. The lowest BCUT2D eigenvalue weighted by Gasteiger charge is -2.34. The molecule has 36 heavy (non-hydrogen) atoms. The molecule has 0 bridgehead atoms. The summed E-state index contributed by atoms with van der Waals surface area (Å²) in [4.78, 5) is 13.7. The van der Waals surface area contributed by atoms with Gasteiger partial charge in [0, 0.05) is 39.3 Å². The van der Waals surface area contributed by atoms with Gasteiger partial charge in [-0.05, 0) is 36.7 Å². The van der Waals surface area contributed by atoms with Crippen molar-refractivity contribution in [3.05, 3.63) is 41.7 Å². The molecule has 1 aromatic heterocycles. The molecule has 1 fully saturated rings. The van der Waals surface area contributed by atoms with Crippen molar-refractivity contribution >= 4 is 26.7 Å². The number of piperazine rings is 1. The van der Waals surface area contributed by atoms with Crippen LogP contribution in [0.5, 0.6) is 17.2 Å². The molecule has 11 heteroatoms. The Morgan fingerprint density at radius 2 is 1.67 bits per heavy atom. The molecule has 0 aliphatic carbocycles. The second kappa shape index (κ2) is 9.72. The first kappa shape index (κ1) is 24.5. The van der Waals surface area contributed by atoms with E-state index in [1.165, 1.54) is 6.33 Å². The van der Waals surface area contributed by atoms with E-state index in [-0.39, 0.29) is 0 Å². The number of methoxy groups -OCH3 is 3. The highest BCUT2D eigenvalue weighted by atomic mass is 32.2. The Balaban J connectivity index is 1.57. The van der Waals surface area contributed by atoms with E-state index in [1.54, 1.807) is 31.7 Å². The topological polar surface area (TPSA) is 97.3 Å². The van der Waals surface area contributed by atoms with Crippen LogP contribution in [0.15, 0.2) is 35.5 Å². The van der Waals surface area contributed by atoms with E-state index in [9.17, 15) is 8.42 Å². The van der Waals surface area contributed by atoms with Crippen molar-refractivity contribution in [1.82, 2.24) is 19.2 Å². The van der Waals surface area contributed by atoms with Gasteiger partial charge in [-0.1, -0.05) is 12.1 Å². The standard InChI is InChI=1S/C25H31N5O5S/c1-28-10-12-30(13-11-28)36(31,32)21-7-5-6-17-8-9-29(15-19(17)21)25-18-14-20(33-2)23(34-3)24(35-4)22(18)26-16-27-25/h5-7,14,16H,8-13,15H2,1-4H3. The van der Waals surface area contributed by atoms with Crippen molar-refractivity contribution in [3.8, 4) is 17.2 Å². The van der Waals surface area contributed by atoms with Crippen LogP contribution in [0.3, 0.4) is 0 Å². The maximum atomic E-state index is 13.7. The summed E-state index contributed by atoms with van der Waals surface area (Å²) in [5, 5.41) is 0.745. The lowest BCUT2D eigenvalue weighted by atomic mass is 9.99. The van der Waals surface area contributed by atoms with Gasteiger partial charge in [-0.2, -0.15) is 4.31 Å². The first-order valence-corrected chi connectivity index (χ1v) is 13.3. The van der Waals surface area contributed by atoms with Gasteiger partial charge in [0.2, 0.25) is 15.8 Å². The summed E-state index contributed by atoms with van der Waals surface area (Å²) in [5.74, 6) is 2.12. The van der Waals surface area contributed by atoms with Crippen LogP contribution < -0.4 is 19.1 Å². The van der Waals surface area contributed by atoms with Crippen molar-refractivity contribution in [1.29, 1.82) is 0 Å². The highest BCUT2D eigenvalue weighted by Crippen LogP contribution is 2.45. The summed E-state index contributed by atoms with van der Waals surface area (Å²) < 4.78 is 45.7. The molecule has 1 saturated heterocycles. The van der Waals surface area contributed by atoms with Gasteiger partial charge >= 0.3 is 0 Å². The van der Waals surface area contributed by atoms with E-state index in [0.717, 1.165) is 29.6 Å². The van der Waals surface area contributed by atoms with Gasteiger partial charge in [0.1, 0.15) is 17.7 Å². The minimum absolute atomic E-state index is 0.379. The van der Waals surface area contributed by atoms with Crippen LogP contribution in [-0.4, -0.2) is 88.7 Å². The van der Waals surface area contributed by atoms with Gasteiger partial charge in [-0.25, -0.2) is 18.4 Å². The molecule has 0 spiro atoms. The average Bonchev–Trinajstić information content (AvgIpc) is 2.91. The van der Waals surface area contributed by atoms with Crippen LogP contribution in [0.4, 0.5) is 5.82 Å². The minimum Gasteiger partial charge on any atom is -0.493 e. The van der Waals surface area contributed by atoms with E-state index in [4.69, 9.17) is 14.2 Å². The molecular weight excluding hydrogens is 482 g/mol. The zero-order valence-electron chi connectivity index (χ0n) is 21.0. The first-order chi connectivity index (χ1) is 17.4. The largest absolute Gasteiger partial charge is 0.493 e. The third kappa shape index (κ3) is 4.10. The Kier molecular flexibility index (Phi) is 6.62. The molecule has 10 nitrogen and oxygen atoms in total. The molecular formula is C25H31N5O5S. The van der Waals surface area contributed by atoms with Crippen LogP contribution in [0.2, 0.25) is 0 Å². The monoisotopic (exact) mass is 513 g/mol. The third-order valence-electron chi connectivity index (χ3n) is 7.02. The highest BCUT2D eigenvalue weighted by molar-refractivity contribution is 7.89. The van der Waals surface area contributed by atoms with Gasteiger partial charge < -0.3 is 24.0 Å². The number of fused-ring (bicyclic) bond motifs is 2. The summed E-state index contributed by atoms with van der Waals surface area (Å²) in [6, 6.07) is 7.43. The Bertz CT molecular complexity index is 1390. The zero-order chi connectivity index (χ0) is 25.4. The number of anilines is 1. The number of rotatable bonds is 6. The molecule has 0 unspecified atom stereocenters. The van der Waals surface area contributed by atoms with Crippen LogP contribution in [-0.2, 0) is 23.0 Å². The smallest absolute Gasteiger partial charge is 0.243 e. The number of nitrogens with zero attached hydrogens (tertiary/aromatic N) is 5. The van der Waals surface area contributed by atoms with Crippen LogP contribution >= 0.6 is 0 Å². The molecule has 0 radical (unpaired) electrons. The Morgan fingerprint density at radius 1 is 0.917 bits per heavy atom. The molecule has 2 aromatic carbocycles. The Labute approximate surface area is 211 Å². The Hall–Kier alpha value is -3.15. The number of sulfonamides is 1. The third-order valence-corrected chi connectivity index (χ3v) is 9.00. The summed E-state index contributed by atoms with van der Waals surface area (Å²) in [7, 11) is 3.08. The molecule has 192 valence electrons. The van der Waals surface area contributed by atoms with Gasteiger partial charge in [-0.15, -0.1) is 0 Å². The summed E-state index contributed by atoms with van der Waals surface area (Å²) in [6.45, 7) is 3.53. The van der Waals surface area contributed by atoms with Gasteiger partial charge in [0.05, 0.1) is 31.6 Å². The minimum atomic E-state index is -3.61. The van der Waals surface area contributed by atoms with Gasteiger partial charge in [0.15, 0.2) is 11.5 Å². The van der Waals surface area contributed by atoms with Crippen molar-refractivity contribution < 1.29 is 22.6 Å². The number of hydrogen-bond acceptors (Lipinski definition) is 9. The fraction of sp³-hybridized carbons (Fsp3) is 0.440. The van der Waals surface area contributed by atoms with E-state index in [1.807, 2.05) is 25.2 Å². The normalized spacial score (nSPS) is 17.2. The predicted molar refractivity (Wildman–Crippen MR) is 137 cm³/mol. The predicted octanol–water partition coefficient (Wildman–Crippen LogP) is 2.15. The van der Waals surface area contributed by atoms with E-state index in [0.29, 0.717) is 66.1 Å². The molecule has 2 aliphatic heterocycles. The zero-order valence-corrected chi connectivity index (χ0v) is 21.8. The fourth-order valence-corrected chi connectivity index (χ4v) is 6.72. The maximum absolute atomic E-state index is 13.7. The van der Waals surface area contributed by atoms with Crippen molar-refractivity contribution in [2.75, 3.05) is 66.0 Å². The summed E-state index contributed by atoms with van der Waals surface area (Å²) >= 11 is 0. The van der Waals surface area contributed by atoms with Crippen LogP contribution in [0, 0.1) is 0 Å². The second-order valence-electron chi connectivity index (χ2n) is 9.01. The van der Waals surface area contributed by atoms with Crippen LogP contribution in [0.1, 0.15) is 11.1 Å². The number of hydrogen-bond donors (Lipinski definition) is 0. The number of ether oxygens (including phenoxy) is 3. The maximum Gasteiger partial charge on any atom is 0.243 e. The summed E-state index contributed by atoms with van der Waals surface area (Å²) in [5.41, 5.74) is 2.47. The molecule has 0 saturated carbocycles. The quantitative estimate of drug-likeness (QED) is 0.491. The molecule has 5 rings (SSSR count). The van der Waals surface area contributed by atoms with E-state index in [2.05, 4.69) is 19.8 Å². The lowest BCUT2D eigenvalue weighted by molar-refractivity contribution is 0.222. The average molecular weight is 514 g/mol. The molecule has 3 heterocycles. The lowest BCUT2D eigenvalue weighted by Crippen LogP contribution is -2.47. The van der Waals surface area contributed by atoms with Crippen molar-refractivity contribution in [2.45, 2.75) is 17.9 Å². The number of aromatic nitrogens is 2. The highest BCUT2D eigenvalue weighted by Gasteiger charge is 2.32. The van der Waals surface area contributed by atoms with E-state index >= 15 is 0 Å². The van der Waals surface area contributed by atoms with Crippen molar-refractivity contribution in [2.24, 2.45) is 0 Å². The second-order valence-corrected chi connectivity index (χ2v) is 10.9. The fourth-order valence-electron chi connectivity index (χ4n) is 5.04. The molecule has 2 aliphatic rings. The van der Waals surface area contributed by atoms with Gasteiger partial charge in [0.25, 0.3) is 0 Å². The van der Waals surface area contributed by atoms with E-state index < -0.39 is 10.0 Å².